The monoisotopic (exact) mass is 959 g/mol. The molecular weight excluding hydrogens is 871 g/mol. The first-order chi connectivity index (χ1) is 31.2. The minimum Gasteiger partial charge on any atom is -0.462 e. The van der Waals surface area contributed by atoms with Crippen molar-refractivity contribution < 1.29 is 87.9 Å². The van der Waals surface area contributed by atoms with E-state index in [1.165, 1.54) is 96.3 Å². The summed E-state index contributed by atoms with van der Waals surface area (Å²) in [6, 6.07) is 0. The molecule has 2 fully saturated rings. The minimum absolute atomic E-state index is 0.0395. The Kier molecular flexibility index (Phi) is 32.1. The Morgan fingerprint density at radius 1 is 0.523 bits per heavy atom. The molecule has 13 atom stereocenters. The summed E-state index contributed by atoms with van der Waals surface area (Å²) in [4.78, 5) is 36.4. The van der Waals surface area contributed by atoms with E-state index in [0.29, 0.717) is 12.8 Å². The second kappa shape index (κ2) is 34.9. The van der Waals surface area contributed by atoms with Crippen LogP contribution in [0.15, 0.2) is 0 Å². The van der Waals surface area contributed by atoms with Crippen LogP contribution in [-0.4, -0.2) is 151 Å². The quantitative estimate of drug-likeness (QED) is 0.0219. The molecule has 9 N–H and O–H groups in total. The molecule has 0 bridgehead atoms. The van der Waals surface area contributed by atoms with Crippen molar-refractivity contribution in [3.05, 3.63) is 0 Å². The second-order valence-electron chi connectivity index (χ2n) is 18.0. The molecule has 1 aliphatic carbocycles. The Labute approximate surface area is 387 Å². The molecule has 0 radical (unpaired) electrons. The summed E-state index contributed by atoms with van der Waals surface area (Å²) >= 11 is 0. The fourth-order valence-electron chi connectivity index (χ4n) is 8.17. The number of unbranched alkanes of at least 4 members (excludes halogenated alkanes) is 23. The Morgan fingerprint density at radius 2 is 0.923 bits per heavy atom. The van der Waals surface area contributed by atoms with Gasteiger partial charge in [-0.3, -0.25) is 18.6 Å². The third-order valence-corrected chi connectivity index (χ3v) is 13.3. The lowest BCUT2D eigenvalue weighted by Crippen LogP contribution is -2.67. The lowest BCUT2D eigenvalue weighted by molar-refractivity contribution is -0.338. The van der Waals surface area contributed by atoms with Gasteiger partial charge in [0.05, 0.1) is 13.2 Å². The maximum Gasteiger partial charge on any atom is 0.472 e. The number of carbonyl (C=O) groups is 2. The molecule has 19 heteroatoms. The number of hydrogen-bond acceptors (Lipinski definition) is 17. The van der Waals surface area contributed by atoms with Crippen LogP contribution in [0.2, 0.25) is 0 Å². The first-order valence-electron chi connectivity index (χ1n) is 24.9. The summed E-state index contributed by atoms with van der Waals surface area (Å²) in [6.07, 6.45) is 4.82. The zero-order valence-electron chi connectivity index (χ0n) is 39.3. The number of phosphoric ester groups is 1. The summed E-state index contributed by atoms with van der Waals surface area (Å²) in [6.45, 7) is 2.22. The zero-order valence-corrected chi connectivity index (χ0v) is 40.2. The third kappa shape index (κ3) is 24.2. The Balaban J connectivity index is 1.96. The molecule has 0 aromatic heterocycles. The number of aliphatic hydroxyl groups is 8. The van der Waals surface area contributed by atoms with Gasteiger partial charge >= 0.3 is 19.8 Å². The van der Waals surface area contributed by atoms with E-state index in [0.717, 1.165) is 51.4 Å². The van der Waals surface area contributed by atoms with Crippen molar-refractivity contribution in [3.8, 4) is 0 Å². The van der Waals surface area contributed by atoms with E-state index >= 15 is 0 Å². The van der Waals surface area contributed by atoms with Gasteiger partial charge in [0.15, 0.2) is 12.4 Å². The Hall–Kier alpha value is -1.35. The molecule has 2 rings (SSSR count). The smallest absolute Gasteiger partial charge is 0.462 e. The van der Waals surface area contributed by atoms with Gasteiger partial charge in [-0.1, -0.05) is 162 Å². The molecule has 18 nitrogen and oxygen atoms in total. The average Bonchev–Trinajstić information content (AvgIpc) is 3.28. The van der Waals surface area contributed by atoms with Gasteiger partial charge < -0.3 is 64.7 Å². The van der Waals surface area contributed by atoms with Gasteiger partial charge in [0, 0.05) is 12.8 Å². The average molecular weight is 959 g/mol. The maximum absolute atomic E-state index is 13.4. The van der Waals surface area contributed by atoms with Crippen molar-refractivity contribution in [1.29, 1.82) is 0 Å². The molecule has 2 aliphatic rings. The van der Waals surface area contributed by atoms with E-state index in [1.54, 1.807) is 0 Å². The summed E-state index contributed by atoms with van der Waals surface area (Å²) in [5.41, 5.74) is 0. The van der Waals surface area contributed by atoms with Gasteiger partial charge in [0.1, 0.15) is 67.6 Å². The Bertz CT molecular complexity index is 1280. The molecule has 384 valence electrons. The van der Waals surface area contributed by atoms with Crippen LogP contribution < -0.4 is 0 Å². The number of hydrogen-bond donors (Lipinski definition) is 9. The largest absolute Gasteiger partial charge is 0.472 e. The van der Waals surface area contributed by atoms with Crippen LogP contribution in [-0.2, 0) is 42.1 Å². The van der Waals surface area contributed by atoms with Crippen LogP contribution in [0.5, 0.6) is 0 Å². The van der Waals surface area contributed by atoms with Gasteiger partial charge in [-0.25, -0.2) is 4.57 Å². The topological polar surface area (TPSA) is 289 Å². The van der Waals surface area contributed by atoms with E-state index in [1.807, 2.05) is 0 Å². The van der Waals surface area contributed by atoms with E-state index in [-0.39, 0.29) is 12.8 Å². The molecule has 1 heterocycles. The van der Waals surface area contributed by atoms with E-state index in [9.17, 15) is 59.9 Å². The van der Waals surface area contributed by atoms with E-state index in [2.05, 4.69) is 13.8 Å². The fraction of sp³-hybridized carbons (Fsp3) is 0.957. The number of rotatable bonds is 38. The summed E-state index contributed by atoms with van der Waals surface area (Å²) in [5, 5.41) is 82.8. The highest BCUT2D eigenvalue weighted by Crippen LogP contribution is 2.48. The molecule has 0 aromatic rings. The van der Waals surface area contributed by atoms with Crippen LogP contribution in [0, 0.1) is 0 Å². The molecule has 1 saturated carbocycles. The van der Waals surface area contributed by atoms with Gasteiger partial charge in [-0.2, -0.15) is 0 Å². The lowest BCUT2D eigenvalue weighted by Gasteiger charge is -2.47. The van der Waals surface area contributed by atoms with Crippen LogP contribution >= 0.6 is 7.82 Å². The van der Waals surface area contributed by atoms with E-state index < -0.39 is 113 Å². The van der Waals surface area contributed by atoms with Crippen LogP contribution in [0.4, 0.5) is 0 Å². The minimum atomic E-state index is -5.36. The zero-order chi connectivity index (χ0) is 48.0. The van der Waals surface area contributed by atoms with Crippen molar-refractivity contribution >= 4 is 19.8 Å². The van der Waals surface area contributed by atoms with Gasteiger partial charge in [-0.15, -0.1) is 0 Å². The molecule has 0 aromatic carbocycles. The van der Waals surface area contributed by atoms with Gasteiger partial charge in [0.2, 0.25) is 0 Å². The van der Waals surface area contributed by atoms with Crippen LogP contribution in [0.1, 0.15) is 187 Å². The predicted octanol–water partition coefficient (Wildman–Crippen LogP) is 5.16. The third-order valence-electron chi connectivity index (χ3n) is 12.3. The van der Waals surface area contributed by atoms with E-state index in [4.69, 9.17) is 28.0 Å². The molecule has 0 spiro atoms. The van der Waals surface area contributed by atoms with Crippen molar-refractivity contribution in [3.63, 3.8) is 0 Å². The highest BCUT2D eigenvalue weighted by atomic mass is 31.2. The van der Waals surface area contributed by atoms with Crippen LogP contribution in [0.25, 0.3) is 0 Å². The molecular formula is C46H87O18P. The van der Waals surface area contributed by atoms with Crippen molar-refractivity contribution in [2.45, 2.75) is 261 Å². The number of esters is 2. The van der Waals surface area contributed by atoms with Crippen molar-refractivity contribution in [1.82, 2.24) is 0 Å². The highest BCUT2D eigenvalue weighted by molar-refractivity contribution is 7.47. The van der Waals surface area contributed by atoms with Crippen molar-refractivity contribution in [2.75, 3.05) is 19.8 Å². The number of aliphatic hydroxyl groups excluding tert-OH is 8. The van der Waals surface area contributed by atoms with Gasteiger partial charge in [-0.05, 0) is 12.8 Å². The Morgan fingerprint density at radius 3 is 1.37 bits per heavy atom. The second-order valence-corrected chi connectivity index (χ2v) is 19.4. The van der Waals surface area contributed by atoms with Crippen molar-refractivity contribution in [2.24, 2.45) is 0 Å². The summed E-state index contributed by atoms with van der Waals surface area (Å²) < 4.78 is 45.4. The molecule has 65 heavy (non-hydrogen) atoms. The lowest BCUT2D eigenvalue weighted by atomic mass is 9.84. The maximum atomic E-state index is 13.4. The summed E-state index contributed by atoms with van der Waals surface area (Å²) in [5.74, 6) is -1.21. The van der Waals surface area contributed by atoms with Crippen LogP contribution in [0.3, 0.4) is 0 Å². The van der Waals surface area contributed by atoms with Gasteiger partial charge in [0.25, 0.3) is 0 Å². The normalized spacial score (nSPS) is 28.4. The standard InChI is InChI=1S/C46H87O18P/c1-3-5-7-9-11-13-15-16-17-19-21-23-25-27-29-36(49)61-33(31-59-35(48)28-26-24-22-20-18-14-12-10-8-6-4-2)32-60-65(57,58)64-45-42(55)40(53)39(52)41(54)44(45)63-46-43(56)38(51)37(50)34(30-47)62-46/h33-34,37-47,50-56H,3-32H2,1-2H3,(H,57,58). The molecule has 1 saturated heterocycles. The number of phosphoric acid groups is 1. The fourth-order valence-corrected chi connectivity index (χ4v) is 9.14. The molecule has 13 unspecified atom stereocenters. The number of ether oxygens (including phenoxy) is 4. The molecule has 0 amide bonds. The first kappa shape index (κ1) is 59.8. The summed E-state index contributed by atoms with van der Waals surface area (Å²) in [7, 11) is -5.36. The first-order valence-corrected chi connectivity index (χ1v) is 26.4. The number of carbonyl (C=O) groups excluding carboxylic acids is 2. The molecule has 1 aliphatic heterocycles. The predicted molar refractivity (Wildman–Crippen MR) is 240 cm³/mol. The SMILES string of the molecule is CCCCCCCCCCCCCCCCC(=O)OC(COC(=O)CCCCCCCCCCCCC)COP(=O)(O)OC1C(O)C(O)C(O)C(O)C1OC1OC(CO)C(O)C(O)C1O. The highest BCUT2D eigenvalue weighted by Gasteiger charge is 2.55.